The third-order valence-corrected chi connectivity index (χ3v) is 3.71. The molecule has 0 radical (unpaired) electrons. The smallest absolute Gasteiger partial charge is 0.147 e. The van der Waals surface area contributed by atoms with E-state index in [1.165, 1.54) is 64.2 Å². The Morgan fingerprint density at radius 3 is 1.40 bits per heavy atom. The van der Waals surface area contributed by atoms with Crippen molar-refractivity contribution < 1.29 is 9.47 Å². The van der Waals surface area contributed by atoms with Gasteiger partial charge in [0.15, 0.2) is 0 Å². The molecular formula is C13H24O2. The second kappa shape index (κ2) is 6.49. The van der Waals surface area contributed by atoms with E-state index in [0.29, 0.717) is 19.0 Å². The molecule has 1 aliphatic heterocycles. The second-order valence-electron chi connectivity index (χ2n) is 4.93. The van der Waals surface area contributed by atoms with Crippen LogP contribution in [0.15, 0.2) is 0 Å². The Bertz CT molecular complexity index is 152. The molecule has 0 amide bonds. The third kappa shape index (κ3) is 3.76. The molecule has 1 heterocycles. The molecule has 1 saturated heterocycles. The molecule has 2 aliphatic rings. The van der Waals surface area contributed by atoms with E-state index >= 15 is 0 Å². The molecule has 2 rings (SSSR count). The van der Waals surface area contributed by atoms with Crippen molar-refractivity contribution in [3.05, 3.63) is 0 Å². The number of ether oxygens (including phenoxy) is 2. The number of hydrogen-bond acceptors (Lipinski definition) is 2. The molecule has 1 saturated carbocycles. The lowest BCUT2D eigenvalue weighted by molar-refractivity contribution is 0.0360. The minimum absolute atomic E-state index is 0.407. The summed E-state index contributed by atoms with van der Waals surface area (Å²) >= 11 is 0. The van der Waals surface area contributed by atoms with Crippen LogP contribution in [0.1, 0.15) is 64.2 Å². The van der Waals surface area contributed by atoms with Crippen molar-refractivity contribution in [2.45, 2.75) is 76.4 Å². The Morgan fingerprint density at radius 2 is 0.933 bits per heavy atom. The Hall–Kier alpha value is -0.0800. The average molecular weight is 212 g/mol. The number of hydrogen-bond donors (Lipinski definition) is 0. The van der Waals surface area contributed by atoms with Crippen molar-refractivity contribution in [3.8, 4) is 0 Å². The van der Waals surface area contributed by atoms with Gasteiger partial charge in [0.05, 0.1) is 12.2 Å². The van der Waals surface area contributed by atoms with Gasteiger partial charge in [-0.2, -0.15) is 0 Å². The zero-order valence-electron chi connectivity index (χ0n) is 9.75. The Kier molecular flexibility index (Phi) is 4.94. The van der Waals surface area contributed by atoms with Crippen molar-refractivity contribution in [2.75, 3.05) is 6.79 Å². The van der Waals surface area contributed by atoms with Crippen LogP contribution >= 0.6 is 0 Å². The van der Waals surface area contributed by atoms with E-state index in [1.54, 1.807) is 0 Å². The maximum Gasteiger partial charge on any atom is 0.147 e. The molecule has 2 atom stereocenters. The van der Waals surface area contributed by atoms with Gasteiger partial charge >= 0.3 is 0 Å². The van der Waals surface area contributed by atoms with Crippen LogP contribution in [0.2, 0.25) is 0 Å². The zero-order chi connectivity index (χ0) is 10.3. The molecule has 2 heteroatoms. The molecule has 0 spiro atoms. The van der Waals surface area contributed by atoms with Gasteiger partial charge in [-0.1, -0.05) is 51.4 Å². The standard InChI is InChI=1S/C13H24O2/c1-2-4-6-8-10-13-12(14-11-15-13)9-7-5-3-1/h12-13H,1-11H2/t12-,13+. The first-order valence-electron chi connectivity index (χ1n) is 6.70. The first-order chi connectivity index (χ1) is 7.47. The Labute approximate surface area is 93.3 Å². The van der Waals surface area contributed by atoms with Crippen LogP contribution in [0.25, 0.3) is 0 Å². The normalized spacial score (nSPS) is 35.2. The molecule has 0 aromatic heterocycles. The maximum absolute atomic E-state index is 5.64. The van der Waals surface area contributed by atoms with Crippen molar-refractivity contribution in [3.63, 3.8) is 0 Å². The van der Waals surface area contributed by atoms with Gasteiger partial charge in [-0.25, -0.2) is 0 Å². The highest BCUT2D eigenvalue weighted by atomic mass is 16.7. The van der Waals surface area contributed by atoms with Crippen LogP contribution in [-0.4, -0.2) is 19.0 Å². The molecule has 0 aromatic carbocycles. The topological polar surface area (TPSA) is 18.5 Å². The minimum atomic E-state index is 0.407. The number of rotatable bonds is 0. The Morgan fingerprint density at radius 1 is 0.533 bits per heavy atom. The molecule has 0 unspecified atom stereocenters. The summed E-state index contributed by atoms with van der Waals surface area (Å²) in [6, 6.07) is 0. The van der Waals surface area contributed by atoms with Gasteiger partial charge in [-0.3, -0.25) is 0 Å². The first kappa shape index (κ1) is 11.4. The summed E-state index contributed by atoms with van der Waals surface area (Å²) < 4.78 is 11.3. The molecule has 15 heavy (non-hydrogen) atoms. The Balaban J connectivity index is 1.77. The van der Waals surface area contributed by atoms with Crippen molar-refractivity contribution in [1.82, 2.24) is 0 Å². The second-order valence-corrected chi connectivity index (χ2v) is 4.93. The molecule has 1 aliphatic carbocycles. The fourth-order valence-electron chi connectivity index (χ4n) is 2.72. The lowest BCUT2D eigenvalue weighted by Gasteiger charge is -2.17. The van der Waals surface area contributed by atoms with Crippen LogP contribution in [0.3, 0.4) is 0 Å². The van der Waals surface area contributed by atoms with Gasteiger partial charge in [-0.05, 0) is 12.8 Å². The van der Waals surface area contributed by atoms with E-state index in [9.17, 15) is 0 Å². The SMILES string of the molecule is C1CCCCC[C@H]2OCO[C@H]2CCCC1. The lowest BCUT2D eigenvalue weighted by atomic mass is 9.98. The summed E-state index contributed by atoms with van der Waals surface area (Å²) in [5.41, 5.74) is 0. The summed E-state index contributed by atoms with van der Waals surface area (Å²) in [6.45, 7) is 0.537. The van der Waals surface area contributed by atoms with E-state index < -0.39 is 0 Å². The fraction of sp³-hybridized carbons (Fsp3) is 1.00. The molecule has 0 N–H and O–H groups in total. The van der Waals surface area contributed by atoms with Gasteiger partial charge in [0.2, 0.25) is 0 Å². The van der Waals surface area contributed by atoms with E-state index in [4.69, 9.17) is 9.47 Å². The zero-order valence-corrected chi connectivity index (χ0v) is 9.75. The van der Waals surface area contributed by atoms with Gasteiger partial charge in [-0.15, -0.1) is 0 Å². The highest BCUT2D eigenvalue weighted by Gasteiger charge is 2.28. The van der Waals surface area contributed by atoms with E-state index in [2.05, 4.69) is 0 Å². The van der Waals surface area contributed by atoms with Crippen molar-refractivity contribution >= 4 is 0 Å². The van der Waals surface area contributed by atoms with Crippen LogP contribution in [0, 0.1) is 0 Å². The third-order valence-electron chi connectivity index (χ3n) is 3.71. The summed E-state index contributed by atoms with van der Waals surface area (Å²) in [5.74, 6) is 0. The van der Waals surface area contributed by atoms with Crippen LogP contribution in [0.4, 0.5) is 0 Å². The highest BCUT2D eigenvalue weighted by molar-refractivity contribution is 4.74. The molecule has 0 aromatic rings. The lowest BCUT2D eigenvalue weighted by Crippen LogP contribution is -2.22. The van der Waals surface area contributed by atoms with Crippen LogP contribution in [0.5, 0.6) is 0 Å². The van der Waals surface area contributed by atoms with Gasteiger partial charge in [0.1, 0.15) is 6.79 Å². The predicted octanol–water partition coefficient (Wildman–Crippen LogP) is 3.64. The quantitative estimate of drug-likeness (QED) is 0.610. The van der Waals surface area contributed by atoms with Crippen molar-refractivity contribution in [2.24, 2.45) is 0 Å². The van der Waals surface area contributed by atoms with Gasteiger partial charge < -0.3 is 9.47 Å². The van der Waals surface area contributed by atoms with Crippen LogP contribution in [-0.2, 0) is 9.47 Å². The minimum Gasteiger partial charge on any atom is -0.349 e. The highest BCUT2D eigenvalue weighted by Crippen LogP contribution is 2.24. The van der Waals surface area contributed by atoms with Crippen LogP contribution < -0.4 is 0 Å². The predicted molar refractivity (Wildman–Crippen MR) is 60.8 cm³/mol. The molecule has 0 bridgehead atoms. The molecular weight excluding hydrogens is 188 g/mol. The van der Waals surface area contributed by atoms with E-state index in [0.717, 1.165) is 0 Å². The largest absolute Gasteiger partial charge is 0.349 e. The summed E-state index contributed by atoms with van der Waals surface area (Å²) in [6.07, 6.45) is 14.4. The van der Waals surface area contributed by atoms with E-state index in [-0.39, 0.29) is 0 Å². The van der Waals surface area contributed by atoms with Gasteiger partial charge in [0.25, 0.3) is 0 Å². The monoisotopic (exact) mass is 212 g/mol. The molecule has 2 fully saturated rings. The number of fused-ring (bicyclic) bond motifs is 1. The molecule has 88 valence electrons. The summed E-state index contributed by atoms with van der Waals surface area (Å²) in [4.78, 5) is 0. The van der Waals surface area contributed by atoms with Gasteiger partial charge in [0, 0.05) is 0 Å². The summed E-state index contributed by atoms with van der Waals surface area (Å²) in [7, 11) is 0. The maximum atomic E-state index is 5.64. The molecule has 2 nitrogen and oxygen atoms in total. The first-order valence-corrected chi connectivity index (χ1v) is 6.70. The summed E-state index contributed by atoms with van der Waals surface area (Å²) in [5, 5.41) is 0. The fourth-order valence-corrected chi connectivity index (χ4v) is 2.72. The van der Waals surface area contributed by atoms with Crippen molar-refractivity contribution in [1.29, 1.82) is 0 Å². The average Bonchev–Trinajstić information content (AvgIpc) is 2.65. The van der Waals surface area contributed by atoms with E-state index in [1.807, 2.05) is 0 Å².